The molecule has 1 unspecified atom stereocenters. The smallest absolute Gasteiger partial charge is 0.194 e. The van der Waals surface area contributed by atoms with Gasteiger partial charge in [-0.2, -0.15) is 0 Å². The third-order valence-electron chi connectivity index (χ3n) is 2.58. The van der Waals surface area contributed by atoms with Crippen LogP contribution in [0, 0.1) is 0 Å². The molecular weight excluding hydrogens is 220 g/mol. The molecule has 0 aliphatic rings. The van der Waals surface area contributed by atoms with Crippen molar-refractivity contribution in [2.75, 3.05) is 6.26 Å². The number of hydrogen-bond donors (Lipinski definition) is 1. The average Bonchev–Trinajstić information content (AvgIpc) is 2.28. The predicted octanol–water partition coefficient (Wildman–Crippen LogP) is 3.14. The Hall–Kier alpha value is -0.800. The van der Waals surface area contributed by atoms with Gasteiger partial charge in [0.1, 0.15) is 5.60 Å². The van der Waals surface area contributed by atoms with Gasteiger partial charge in [0.2, 0.25) is 0 Å². The van der Waals surface area contributed by atoms with E-state index < -0.39 is 5.60 Å². The zero-order valence-electron chi connectivity index (χ0n) is 9.99. The van der Waals surface area contributed by atoms with Crippen LogP contribution in [-0.2, 0) is 0 Å². The van der Waals surface area contributed by atoms with Crippen molar-refractivity contribution in [3.63, 3.8) is 0 Å². The molecule has 1 rings (SSSR count). The predicted molar refractivity (Wildman–Crippen MR) is 68.1 cm³/mol. The molecule has 1 atom stereocenters. The summed E-state index contributed by atoms with van der Waals surface area (Å²) in [6.45, 7) is 3.54. The lowest BCUT2D eigenvalue weighted by Gasteiger charge is -2.20. The Kier molecular flexibility index (Phi) is 4.56. The number of carbonyl (C=O) groups is 1. The summed E-state index contributed by atoms with van der Waals surface area (Å²) in [7, 11) is 0. The number of carbonyl (C=O) groups excluding carboxylic acids is 1. The van der Waals surface area contributed by atoms with Crippen LogP contribution in [0.3, 0.4) is 0 Å². The first-order valence-corrected chi connectivity index (χ1v) is 6.65. The summed E-state index contributed by atoms with van der Waals surface area (Å²) in [6.07, 6.45) is 3.28. The van der Waals surface area contributed by atoms with Gasteiger partial charge in [-0.3, -0.25) is 4.79 Å². The van der Waals surface area contributed by atoms with Crippen molar-refractivity contribution in [2.45, 2.75) is 37.2 Å². The largest absolute Gasteiger partial charge is 0.382 e. The fraction of sp³-hybridized carbons (Fsp3) is 0.462. The van der Waals surface area contributed by atoms with Gasteiger partial charge in [0.05, 0.1) is 0 Å². The van der Waals surface area contributed by atoms with Crippen molar-refractivity contribution in [3.8, 4) is 0 Å². The van der Waals surface area contributed by atoms with Crippen molar-refractivity contribution in [1.82, 2.24) is 0 Å². The van der Waals surface area contributed by atoms with E-state index in [1.54, 1.807) is 30.8 Å². The molecule has 0 saturated carbocycles. The molecule has 0 spiro atoms. The van der Waals surface area contributed by atoms with E-state index in [9.17, 15) is 9.90 Å². The number of benzene rings is 1. The molecule has 16 heavy (non-hydrogen) atoms. The summed E-state index contributed by atoms with van der Waals surface area (Å²) in [5, 5.41) is 10.0. The van der Waals surface area contributed by atoms with Crippen molar-refractivity contribution < 1.29 is 9.90 Å². The Morgan fingerprint density at radius 1 is 1.38 bits per heavy atom. The van der Waals surface area contributed by atoms with E-state index in [-0.39, 0.29) is 5.78 Å². The normalized spacial score (nSPS) is 14.5. The molecule has 0 aliphatic carbocycles. The quantitative estimate of drug-likeness (QED) is 0.632. The van der Waals surface area contributed by atoms with Gasteiger partial charge in [-0.1, -0.05) is 25.5 Å². The number of ketones is 1. The molecule has 0 aliphatic heterocycles. The maximum atomic E-state index is 12.0. The second-order valence-electron chi connectivity index (χ2n) is 4.08. The zero-order valence-corrected chi connectivity index (χ0v) is 10.8. The van der Waals surface area contributed by atoms with Crippen molar-refractivity contribution >= 4 is 17.5 Å². The van der Waals surface area contributed by atoms with Crippen LogP contribution >= 0.6 is 11.8 Å². The molecule has 2 nitrogen and oxygen atoms in total. The fourth-order valence-electron chi connectivity index (χ4n) is 1.65. The molecule has 0 radical (unpaired) electrons. The first-order valence-electron chi connectivity index (χ1n) is 5.42. The molecule has 88 valence electrons. The first-order chi connectivity index (χ1) is 7.51. The van der Waals surface area contributed by atoms with E-state index in [4.69, 9.17) is 0 Å². The average molecular weight is 238 g/mol. The van der Waals surface area contributed by atoms with Crippen molar-refractivity contribution in [2.24, 2.45) is 0 Å². The highest BCUT2D eigenvalue weighted by molar-refractivity contribution is 7.98. The van der Waals surface area contributed by atoms with Crippen LogP contribution in [0.1, 0.15) is 37.0 Å². The van der Waals surface area contributed by atoms with Crippen LogP contribution in [0.25, 0.3) is 0 Å². The maximum absolute atomic E-state index is 12.0. The minimum atomic E-state index is -1.24. The van der Waals surface area contributed by atoms with E-state index >= 15 is 0 Å². The van der Waals surface area contributed by atoms with Crippen molar-refractivity contribution in [3.05, 3.63) is 29.8 Å². The Labute approximate surface area is 101 Å². The van der Waals surface area contributed by atoms with Gasteiger partial charge in [-0.15, -0.1) is 11.8 Å². The summed E-state index contributed by atoms with van der Waals surface area (Å²) in [6, 6.07) is 7.36. The van der Waals surface area contributed by atoms with E-state index in [2.05, 4.69) is 0 Å². The number of thioether (sulfide) groups is 1. The molecule has 0 bridgehead atoms. The SMILES string of the molecule is CCCC(C)(O)C(=O)c1ccc(SC)cc1. The molecular formula is C13H18O2S. The Morgan fingerprint density at radius 3 is 2.38 bits per heavy atom. The Balaban J connectivity index is 2.87. The van der Waals surface area contributed by atoms with E-state index in [1.807, 2.05) is 25.3 Å². The number of hydrogen-bond acceptors (Lipinski definition) is 3. The minimum Gasteiger partial charge on any atom is -0.382 e. The van der Waals surface area contributed by atoms with Gasteiger partial charge in [-0.05, 0) is 31.7 Å². The van der Waals surface area contributed by atoms with Crippen LogP contribution in [0.4, 0.5) is 0 Å². The monoisotopic (exact) mass is 238 g/mol. The van der Waals surface area contributed by atoms with Crippen LogP contribution in [0.15, 0.2) is 29.2 Å². The number of Topliss-reactive ketones (excluding diaryl/α,β-unsaturated/α-hetero) is 1. The molecule has 0 saturated heterocycles. The van der Waals surface area contributed by atoms with Gasteiger partial charge >= 0.3 is 0 Å². The minimum absolute atomic E-state index is 0.193. The van der Waals surface area contributed by atoms with Gasteiger partial charge in [-0.25, -0.2) is 0 Å². The highest BCUT2D eigenvalue weighted by atomic mass is 32.2. The molecule has 0 heterocycles. The second-order valence-corrected chi connectivity index (χ2v) is 4.96. The zero-order chi connectivity index (χ0) is 12.2. The van der Waals surface area contributed by atoms with E-state index in [0.717, 1.165) is 11.3 Å². The standard InChI is InChI=1S/C13H18O2S/c1-4-9-13(2,15)12(14)10-5-7-11(16-3)8-6-10/h5-8,15H,4,9H2,1-3H3. The lowest BCUT2D eigenvalue weighted by atomic mass is 9.91. The molecule has 1 aromatic rings. The van der Waals surface area contributed by atoms with Gasteiger partial charge in [0.25, 0.3) is 0 Å². The Bertz CT molecular complexity index is 355. The number of aliphatic hydroxyl groups is 1. The summed E-state index contributed by atoms with van der Waals surface area (Å²) in [5.74, 6) is -0.193. The third-order valence-corrected chi connectivity index (χ3v) is 3.32. The van der Waals surface area contributed by atoms with E-state index in [1.165, 1.54) is 0 Å². The van der Waals surface area contributed by atoms with E-state index in [0.29, 0.717) is 12.0 Å². The van der Waals surface area contributed by atoms with Crippen molar-refractivity contribution in [1.29, 1.82) is 0 Å². The summed E-state index contributed by atoms with van der Waals surface area (Å²) >= 11 is 1.63. The van der Waals surface area contributed by atoms with Crippen LogP contribution in [0.2, 0.25) is 0 Å². The van der Waals surface area contributed by atoms with Crippen LogP contribution in [-0.4, -0.2) is 22.7 Å². The second kappa shape index (κ2) is 5.51. The highest BCUT2D eigenvalue weighted by Gasteiger charge is 2.29. The first kappa shape index (κ1) is 13.3. The Morgan fingerprint density at radius 2 is 1.94 bits per heavy atom. The van der Waals surface area contributed by atoms with Crippen LogP contribution in [0.5, 0.6) is 0 Å². The molecule has 1 N–H and O–H groups in total. The summed E-state index contributed by atoms with van der Waals surface area (Å²) < 4.78 is 0. The molecule has 1 aromatic carbocycles. The number of rotatable bonds is 5. The van der Waals surface area contributed by atoms with Gasteiger partial charge in [0, 0.05) is 10.5 Å². The highest BCUT2D eigenvalue weighted by Crippen LogP contribution is 2.21. The molecule has 0 aromatic heterocycles. The summed E-state index contributed by atoms with van der Waals surface area (Å²) in [5.41, 5.74) is -0.661. The molecule has 3 heteroatoms. The maximum Gasteiger partial charge on any atom is 0.194 e. The lowest BCUT2D eigenvalue weighted by molar-refractivity contribution is 0.0364. The molecule has 0 amide bonds. The molecule has 0 fully saturated rings. The third kappa shape index (κ3) is 3.09. The van der Waals surface area contributed by atoms with Crippen LogP contribution < -0.4 is 0 Å². The summed E-state index contributed by atoms with van der Waals surface area (Å²) in [4.78, 5) is 13.1. The van der Waals surface area contributed by atoms with Gasteiger partial charge in [0.15, 0.2) is 5.78 Å². The van der Waals surface area contributed by atoms with Gasteiger partial charge < -0.3 is 5.11 Å². The fourth-order valence-corrected chi connectivity index (χ4v) is 2.06. The topological polar surface area (TPSA) is 37.3 Å². The lowest BCUT2D eigenvalue weighted by Crippen LogP contribution is -2.34.